The van der Waals surface area contributed by atoms with Crippen LogP contribution >= 0.6 is 11.3 Å². The molecule has 2 amide bonds. The molecule has 3 rings (SSSR count). The van der Waals surface area contributed by atoms with E-state index in [-0.39, 0.29) is 6.03 Å². The Hall–Kier alpha value is -1.93. The molecule has 1 saturated heterocycles. The van der Waals surface area contributed by atoms with Gasteiger partial charge in [0, 0.05) is 38.8 Å². The number of aryl methyl sites for hydroxylation is 1. The Bertz CT molecular complexity index is 668. The van der Waals surface area contributed by atoms with Gasteiger partial charge in [-0.25, -0.2) is 9.78 Å². The molecule has 0 saturated carbocycles. The lowest BCUT2D eigenvalue weighted by molar-refractivity contribution is 0.182. The molecule has 3 heterocycles. The van der Waals surface area contributed by atoms with Crippen LogP contribution in [-0.4, -0.2) is 45.9 Å². The Morgan fingerprint density at radius 1 is 1.57 bits per heavy atom. The third kappa shape index (κ3) is 4.08. The van der Waals surface area contributed by atoms with Gasteiger partial charge in [0.1, 0.15) is 0 Å². The first-order chi connectivity index (χ1) is 11.1. The first kappa shape index (κ1) is 15.9. The topological polar surface area (TPSA) is 72.3 Å². The van der Waals surface area contributed by atoms with Crippen molar-refractivity contribution in [1.82, 2.24) is 19.7 Å². The number of urea groups is 1. The Labute approximate surface area is 139 Å². The van der Waals surface area contributed by atoms with E-state index in [9.17, 15) is 4.79 Å². The fourth-order valence-corrected chi connectivity index (χ4v) is 3.53. The Morgan fingerprint density at radius 3 is 3.17 bits per heavy atom. The van der Waals surface area contributed by atoms with Gasteiger partial charge < -0.3 is 9.64 Å². The van der Waals surface area contributed by atoms with Crippen LogP contribution in [0.15, 0.2) is 17.8 Å². The lowest BCUT2D eigenvalue weighted by Crippen LogP contribution is -2.33. The van der Waals surface area contributed by atoms with Gasteiger partial charge in [0.15, 0.2) is 5.13 Å². The zero-order valence-electron chi connectivity index (χ0n) is 13.4. The summed E-state index contributed by atoms with van der Waals surface area (Å²) in [6.45, 7) is 2.02. The van der Waals surface area contributed by atoms with E-state index in [1.807, 2.05) is 34.4 Å². The molecule has 0 aliphatic carbocycles. The number of methoxy groups -OCH3 is 1. The number of hydrogen-bond donors (Lipinski definition) is 1. The summed E-state index contributed by atoms with van der Waals surface area (Å²) in [5, 5.41) is 9.59. The highest BCUT2D eigenvalue weighted by Crippen LogP contribution is 2.22. The van der Waals surface area contributed by atoms with Crippen molar-refractivity contribution in [2.45, 2.75) is 19.4 Å². The van der Waals surface area contributed by atoms with Gasteiger partial charge >= 0.3 is 6.03 Å². The minimum Gasteiger partial charge on any atom is -0.378 e. The van der Waals surface area contributed by atoms with E-state index in [2.05, 4.69) is 15.4 Å². The van der Waals surface area contributed by atoms with Crippen molar-refractivity contribution >= 4 is 22.5 Å². The molecule has 2 aromatic heterocycles. The molecule has 0 spiro atoms. The summed E-state index contributed by atoms with van der Waals surface area (Å²) in [6, 6.07) is -0.0722. The molecule has 1 aliphatic rings. The van der Waals surface area contributed by atoms with Crippen molar-refractivity contribution < 1.29 is 9.53 Å². The third-order valence-corrected chi connectivity index (χ3v) is 4.72. The van der Waals surface area contributed by atoms with Crippen LogP contribution in [0.2, 0.25) is 0 Å². The quantitative estimate of drug-likeness (QED) is 0.908. The SMILES string of the molecule is COCc1csc(NC(=O)N2CC[C@H](Cc3cnn(C)c3)C2)n1. The van der Waals surface area contributed by atoms with Gasteiger partial charge in [0.25, 0.3) is 0 Å². The van der Waals surface area contributed by atoms with E-state index in [0.717, 1.165) is 31.6 Å². The normalized spacial score (nSPS) is 17.7. The second kappa shape index (κ2) is 7.10. The van der Waals surface area contributed by atoms with Crippen molar-refractivity contribution in [1.29, 1.82) is 0 Å². The fraction of sp³-hybridized carbons (Fsp3) is 0.533. The molecule has 0 aromatic carbocycles. The van der Waals surface area contributed by atoms with Gasteiger partial charge in [-0.05, 0) is 24.3 Å². The van der Waals surface area contributed by atoms with Crippen molar-refractivity contribution in [3.8, 4) is 0 Å². The fourth-order valence-electron chi connectivity index (χ4n) is 2.84. The number of nitrogens with zero attached hydrogens (tertiary/aromatic N) is 4. The number of amides is 2. The number of carbonyl (C=O) groups is 1. The summed E-state index contributed by atoms with van der Waals surface area (Å²) in [6.07, 6.45) is 5.92. The van der Waals surface area contributed by atoms with Crippen molar-refractivity contribution in [3.05, 3.63) is 29.0 Å². The van der Waals surface area contributed by atoms with Gasteiger partial charge in [-0.2, -0.15) is 5.10 Å². The highest BCUT2D eigenvalue weighted by atomic mass is 32.1. The number of nitrogens with one attached hydrogen (secondary N) is 1. The molecule has 1 aliphatic heterocycles. The Morgan fingerprint density at radius 2 is 2.43 bits per heavy atom. The largest absolute Gasteiger partial charge is 0.378 e. The minimum absolute atomic E-state index is 0.0722. The number of anilines is 1. The molecule has 1 atom stereocenters. The van der Waals surface area contributed by atoms with Crippen LogP contribution in [0.3, 0.4) is 0 Å². The number of carbonyl (C=O) groups excluding carboxylic acids is 1. The van der Waals surface area contributed by atoms with E-state index in [1.54, 1.807) is 7.11 Å². The summed E-state index contributed by atoms with van der Waals surface area (Å²) < 4.78 is 6.85. The highest BCUT2D eigenvalue weighted by Gasteiger charge is 2.27. The maximum atomic E-state index is 12.3. The first-order valence-corrected chi connectivity index (χ1v) is 8.49. The predicted molar refractivity (Wildman–Crippen MR) is 88.4 cm³/mol. The lowest BCUT2D eigenvalue weighted by atomic mass is 10.0. The molecule has 23 heavy (non-hydrogen) atoms. The van der Waals surface area contributed by atoms with E-state index >= 15 is 0 Å². The van der Waals surface area contributed by atoms with Gasteiger partial charge in [0.05, 0.1) is 18.5 Å². The van der Waals surface area contributed by atoms with Crippen molar-refractivity contribution in [2.75, 3.05) is 25.5 Å². The Balaban J connectivity index is 1.50. The molecule has 0 bridgehead atoms. The summed E-state index contributed by atoms with van der Waals surface area (Å²) >= 11 is 1.42. The summed E-state index contributed by atoms with van der Waals surface area (Å²) in [5.74, 6) is 0.491. The molecule has 124 valence electrons. The summed E-state index contributed by atoms with van der Waals surface area (Å²) in [5.41, 5.74) is 2.06. The van der Waals surface area contributed by atoms with Gasteiger partial charge in [0.2, 0.25) is 0 Å². The predicted octanol–water partition coefficient (Wildman–Crippen LogP) is 2.12. The van der Waals surface area contributed by atoms with E-state index in [1.165, 1.54) is 16.9 Å². The van der Waals surface area contributed by atoms with Gasteiger partial charge in [-0.3, -0.25) is 10.00 Å². The van der Waals surface area contributed by atoms with Crippen molar-refractivity contribution in [3.63, 3.8) is 0 Å². The van der Waals surface area contributed by atoms with E-state index in [4.69, 9.17) is 4.74 Å². The molecule has 1 fully saturated rings. The molecule has 0 unspecified atom stereocenters. The van der Waals surface area contributed by atoms with E-state index < -0.39 is 0 Å². The molecule has 7 nitrogen and oxygen atoms in total. The van der Waals surface area contributed by atoms with E-state index in [0.29, 0.717) is 17.7 Å². The monoisotopic (exact) mass is 335 g/mol. The average Bonchev–Trinajstić information content (AvgIpc) is 3.23. The zero-order valence-corrected chi connectivity index (χ0v) is 14.2. The molecule has 2 aromatic rings. The number of likely N-dealkylation sites (tertiary alicyclic amines) is 1. The second-order valence-corrected chi connectivity index (χ2v) is 6.69. The number of ether oxygens (including phenoxy) is 1. The van der Waals surface area contributed by atoms with Gasteiger partial charge in [-0.15, -0.1) is 11.3 Å². The number of aromatic nitrogens is 3. The van der Waals surface area contributed by atoms with Gasteiger partial charge in [-0.1, -0.05) is 0 Å². The summed E-state index contributed by atoms with van der Waals surface area (Å²) in [7, 11) is 3.55. The van der Waals surface area contributed by atoms with Crippen LogP contribution in [0.4, 0.5) is 9.93 Å². The lowest BCUT2D eigenvalue weighted by Gasteiger charge is -2.16. The molecular weight excluding hydrogens is 314 g/mol. The maximum Gasteiger partial charge on any atom is 0.323 e. The molecule has 0 radical (unpaired) electrons. The summed E-state index contributed by atoms with van der Waals surface area (Å²) in [4.78, 5) is 18.5. The zero-order chi connectivity index (χ0) is 16.2. The molecule has 8 heteroatoms. The number of rotatable bonds is 5. The van der Waals surface area contributed by atoms with Crippen LogP contribution in [0.1, 0.15) is 17.7 Å². The molecular formula is C15H21N5O2S. The smallest absolute Gasteiger partial charge is 0.323 e. The molecule has 1 N–H and O–H groups in total. The average molecular weight is 335 g/mol. The maximum absolute atomic E-state index is 12.3. The first-order valence-electron chi connectivity index (χ1n) is 7.61. The minimum atomic E-state index is -0.0722. The third-order valence-electron chi connectivity index (χ3n) is 3.91. The van der Waals surface area contributed by atoms with Crippen LogP contribution in [0.5, 0.6) is 0 Å². The van der Waals surface area contributed by atoms with Crippen LogP contribution in [0.25, 0.3) is 0 Å². The van der Waals surface area contributed by atoms with Crippen LogP contribution in [0, 0.1) is 5.92 Å². The standard InChI is InChI=1S/C15H21N5O2S/c1-19-7-12(6-16-19)5-11-3-4-20(8-11)15(21)18-14-17-13(9-22-2)10-23-14/h6-7,10-11H,3-5,8-9H2,1-2H3,(H,17,18,21)/t11-/m1/s1. The van der Waals surface area contributed by atoms with Crippen LogP contribution < -0.4 is 5.32 Å². The Kier molecular flexibility index (Phi) is 4.92. The number of hydrogen-bond acceptors (Lipinski definition) is 5. The second-order valence-electron chi connectivity index (χ2n) is 5.83. The van der Waals surface area contributed by atoms with Crippen LogP contribution in [-0.2, 0) is 24.8 Å². The van der Waals surface area contributed by atoms with Crippen molar-refractivity contribution in [2.24, 2.45) is 13.0 Å². The highest BCUT2D eigenvalue weighted by molar-refractivity contribution is 7.13. The number of thiazole rings is 1.